The normalized spacial score (nSPS) is 12.0. The molecule has 1 unspecified atom stereocenters. The Kier molecular flexibility index (Phi) is 6.37. The number of hydrogen-bond donors (Lipinski definition) is 1. The maximum Gasteiger partial charge on any atom is 0.274 e. The van der Waals surface area contributed by atoms with Crippen LogP contribution in [-0.2, 0) is 6.42 Å². The number of aryl methyl sites for hydroxylation is 2. The van der Waals surface area contributed by atoms with Crippen LogP contribution in [-0.4, -0.2) is 35.4 Å². The second-order valence-electron chi connectivity index (χ2n) is 6.61. The molecular weight excluding hydrogens is 354 g/mol. The van der Waals surface area contributed by atoms with E-state index in [-0.39, 0.29) is 11.9 Å². The molecule has 1 atom stereocenters. The van der Waals surface area contributed by atoms with Crippen LogP contribution in [0.15, 0.2) is 60.7 Å². The number of carbonyl (C=O) groups is 1. The van der Waals surface area contributed by atoms with E-state index in [1.165, 1.54) is 5.56 Å². The molecule has 0 saturated carbocycles. The lowest BCUT2D eigenvalue weighted by Gasteiger charge is -2.27. The maximum atomic E-state index is 13.2. The molecule has 0 bridgehead atoms. The molecule has 27 heavy (non-hydrogen) atoms. The van der Waals surface area contributed by atoms with Crippen molar-refractivity contribution in [3.05, 3.63) is 76.9 Å². The zero-order chi connectivity index (χ0) is 19.2. The van der Waals surface area contributed by atoms with E-state index < -0.39 is 0 Å². The molecule has 140 valence electrons. The highest BCUT2D eigenvalue weighted by Gasteiger charge is 2.25. The Bertz CT molecular complexity index is 877. The molecular formula is C22H25N3OS. The molecule has 5 heteroatoms. The third-order valence-electron chi connectivity index (χ3n) is 4.72. The van der Waals surface area contributed by atoms with Gasteiger partial charge in [0.15, 0.2) is 0 Å². The van der Waals surface area contributed by atoms with Gasteiger partial charge in [0.2, 0.25) is 0 Å². The summed E-state index contributed by atoms with van der Waals surface area (Å²) in [5.41, 5.74) is 8.79. The van der Waals surface area contributed by atoms with Crippen molar-refractivity contribution in [2.75, 3.05) is 13.6 Å². The van der Waals surface area contributed by atoms with Crippen LogP contribution in [0.25, 0.3) is 10.4 Å². The molecule has 0 aliphatic heterocycles. The quantitative estimate of drug-likeness (QED) is 0.671. The Labute approximate surface area is 164 Å². The van der Waals surface area contributed by atoms with Crippen LogP contribution < -0.4 is 5.73 Å². The largest absolute Gasteiger partial charge is 0.336 e. The van der Waals surface area contributed by atoms with Crippen molar-refractivity contribution in [3.63, 3.8) is 0 Å². The number of carbonyl (C=O) groups excluding carboxylic acids is 1. The summed E-state index contributed by atoms with van der Waals surface area (Å²) < 4.78 is 0. The summed E-state index contributed by atoms with van der Waals surface area (Å²) in [6, 6.07) is 20.2. The standard InChI is InChI=1S/C22H25N3OS/c1-16-24-20(21(27-16)18-11-7-4-8-12-18)22(26)25(2)19(15-23)14-13-17-9-5-3-6-10-17/h3-12,19H,13-15,23H2,1-2H3. The van der Waals surface area contributed by atoms with Gasteiger partial charge in [-0.2, -0.15) is 0 Å². The summed E-state index contributed by atoms with van der Waals surface area (Å²) >= 11 is 1.55. The van der Waals surface area contributed by atoms with Gasteiger partial charge < -0.3 is 10.6 Å². The average molecular weight is 380 g/mol. The second kappa shape index (κ2) is 8.93. The van der Waals surface area contributed by atoms with Crippen LogP contribution in [0.5, 0.6) is 0 Å². The van der Waals surface area contributed by atoms with Gasteiger partial charge in [-0.15, -0.1) is 11.3 Å². The zero-order valence-electron chi connectivity index (χ0n) is 15.8. The number of benzene rings is 2. The van der Waals surface area contributed by atoms with Gasteiger partial charge in [-0.05, 0) is 30.9 Å². The van der Waals surface area contributed by atoms with Gasteiger partial charge in [-0.1, -0.05) is 60.7 Å². The summed E-state index contributed by atoms with van der Waals surface area (Å²) in [5.74, 6) is -0.0679. The zero-order valence-corrected chi connectivity index (χ0v) is 16.6. The Morgan fingerprint density at radius 3 is 2.37 bits per heavy atom. The molecule has 0 spiro atoms. The van der Waals surface area contributed by atoms with E-state index in [0.717, 1.165) is 28.3 Å². The first-order valence-electron chi connectivity index (χ1n) is 9.14. The smallest absolute Gasteiger partial charge is 0.274 e. The minimum atomic E-state index is -0.0679. The van der Waals surface area contributed by atoms with Crippen molar-refractivity contribution in [2.24, 2.45) is 5.73 Å². The minimum Gasteiger partial charge on any atom is -0.336 e. The third kappa shape index (κ3) is 4.62. The summed E-state index contributed by atoms with van der Waals surface area (Å²) in [7, 11) is 1.83. The van der Waals surface area contributed by atoms with Crippen molar-refractivity contribution >= 4 is 17.2 Å². The average Bonchev–Trinajstić information content (AvgIpc) is 3.11. The Hall–Kier alpha value is -2.50. The predicted octanol–water partition coefficient (Wildman–Crippen LogP) is 4.15. The number of amides is 1. The molecule has 0 aliphatic carbocycles. The first-order valence-corrected chi connectivity index (χ1v) is 9.95. The topological polar surface area (TPSA) is 59.2 Å². The molecule has 1 aromatic heterocycles. The fourth-order valence-corrected chi connectivity index (χ4v) is 4.05. The second-order valence-corrected chi connectivity index (χ2v) is 7.81. The molecule has 0 saturated heterocycles. The molecule has 2 aromatic carbocycles. The lowest BCUT2D eigenvalue weighted by Crippen LogP contribution is -2.42. The molecule has 3 rings (SSSR count). The van der Waals surface area contributed by atoms with Crippen LogP contribution in [0.3, 0.4) is 0 Å². The van der Waals surface area contributed by atoms with E-state index in [1.54, 1.807) is 16.2 Å². The monoisotopic (exact) mass is 379 g/mol. The van der Waals surface area contributed by atoms with E-state index in [1.807, 2.05) is 62.5 Å². The molecule has 3 aromatic rings. The molecule has 0 fully saturated rings. The van der Waals surface area contributed by atoms with Gasteiger partial charge in [0.25, 0.3) is 5.91 Å². The highest BCUT2D eigenvalue weighted by Crippen LogP contribution is 2.31. The van der Waals surface area contributed by atoms with E-state index >= 15 is 0 Å². The summed E-state index contributed by atoms with van der Waals surface area (Å²) in [4.78, 5) is 20.4. The predicted molar refractivity (Wildman–Crippen MR) is 112 cm³/mol. The fraction of sp³-hybridized carbons (Fsp3) is 0.273. The van der Waals surface area contributed by atoms with Gasteiger partial charge in [-0.3, -0.25) is 4.79 Å². The molecule has 1 heterocycles. The van der Waals surface area contributed by atoms with E-state index in [0.29, 0.717) is 12.2 Å². The van der Waals surface area contributed by atoms with E-state index in [9.17, 15) is 4.79 Å². The number of nitrogens with zero attached hydrogens (tertiary/aromatic N) is 2. The van der Waals surface area contributed by atoms with Crippen molar-refractivity contribution < 1.29 is 4.79 Å². The number of rotatable bonds is 7. The van der Waals surface area contributed by atoms with Crippen LogP contribution in [0.1, 0.15) is 27.5 Å². The van der Waals surface area contributed by atoms with Crippen molar-refractivity contribution in [2.45, 2.75) is 25.8 Å². The third-order valence-corrected chi connectivity index (χ3v) is 5.74. The minimum absolute atomic E-state index is 0.0247. The van der Waals surface area contributed by atoms with Crippen LogP contribution in [0, 0.1) is 6.92 Å². The fourth-order valence-electron chi connectivity index (χ4n) is 3.14. The first kappa shape index (κ1) is 19.3. The van der Waals surface area contributed by atoms with Crippen LogP contribution in [0.2, 0.25) is 0 Å². The van der Waals surface area contributed by atoms with Crippen molar-refractivity contribution in [1.82, 2.24) is 9.88 Å². The Morgan fingerprint density at radius 1 is 1.11 bits per heavy atom. The molecule has 2 N–H and O–H groups in total. The lowest BCUT2D eigenvalue weighted by atomic mass is 10.0. The highest BCUT2D eigenvalue weighted by molar-refractivity contribution is 7.15. The number of likely N-dealkylation sites (N-methyl/N-ethyl adjacent to an activating group) is 1. The molecule has 0 aliphatic rings. The van der Waals surface area contributed by atoms with Gasteiger partial charge in [-0.25, -0.2) is 4.98 Å². The molecule has 0 radical (unpaired) electrons. The van der Waals surface area contributed by atoms with E-state index in [2.05, 4.69) is 17.1 Å². The number of thiazole rings is 1. The maximum absolute atomic E-state index is 13.2. The molecule has 4 nitrogen and oxygen atoms in total. The molecule has 1 amide bonds. The van der Waals surface area contributed by atoms with Gasteiger partial charge >= 0.3 is 0 Å². The Morgan fingerprint density at radius 2 is 1.74 bits per heavy atom. The summed E-state index contributed by atoms with van der Waals surface area (Å²) in [6.07, 6.45) is 1.72. The number of hydrogen-bond acceptors (Lipinski definition) is 4. The first-order chi connectivity index (χ1) is 13.1. The number of nitrogens with two attached hydrogens (primary N) is 1. The lowest BCUT2D eigenvalue weighted by molar-refractivity contribution is 0.0725. The van der Waals surface area contributed by atoms with Crippen molar-refractivity contribution in [3.8, 4) is 10.4 Å². The van der Waals surface area contributed by atoms with E-state index in [4.69, 9.17) is 5.73 Å². The van der Waals surface area contributed by atoms with Gasteiger partial charge in [0.1, 0.15) is 5.69 Å². The highest BCUT2D eigenvalue weighted by atomic mass is 32.1. The number of aromatic nitrogens is 1. The Balaban J connectivity index is 1.78. The van der Waals surface area contributed by atoms with Crippen LogP contribution in [0.4, 0.5) is 0 Å². The van der Waals surface area contributed by atoms with Crippen molar-refractivity contribution in [1.29, 1.82) is 0 Å². The SMILES string of the molecule is Cc1nc(C(=O)N(C)C(CN)CCc2ccccc2)c(-c2ccccc2)s1. The van der Waals surface area contributed by atoms with Crippen LogP contribution >= 0.6 is 11.3 Å². The van der Waals surface area contributed by atoms with Gasteiger partial charge in [0, 0.05) is 19.6 Å². The van der Waals surface area contributed by atoms with Gasteiger partial charge in [0.05, 0.1) is 9.88 Å². The summed E-state index contributed by atoms with van der Waals surface area (Å²) in [6.45, 7) is 2.36. The summed E-state index contributed by atoms with van der Waals surface area (Å²) in [5, 5.41) is 0.888.